The molecule has 2 nitrogen and oxygen atoms in total. The maximum absolute atomic E-state index is 6.79. The second-order valence-electron chi connectivity index (χ2n) is 7.48. The van der Waals surface area contributed by atoms with Gasteiger partial charge in [-0.05, 0) is 37.0 Å². The molecule has 2 aliphatic rings. The van der Waals surface area contributed by atoms with Gasteiger partial charge in [-0.2, -0.15) is 0 Å². The third-order valence-electron chi connectivity index (χ3n) is 6.04. The standard InChI is InChI=1S/C18H36N2/c1-2-3-14-17(15-10-6-4-7-11-15)18(19,20)16-12-8-5-9-13-16/h15-17H,2-14,19-20H2,1H3. The van der Waals surface area contributed by atoms with E-state index in [4.69, 9.17) is 11.5 Å². The molecule has 0 saturated heterocycles. The van der Waals surface area contributed by atoms with Gasteiger partial charge in [0.2, 0.25) is 0 Å². The maximum Gasteiger partial charge on any atom is 0.0697 e. The Hall–Kier alpha value is -0.0800. The van der Waals surface area contributed by atoms with Crippen LogP contribution in [0.5, 0.6) is 0 Å². The lowest BCUT2D eigenvalue weighted by atomic mass is 9.66. The molecule has 2 saturated carbocycles. The van der Waals surface area contributed by atoms with Gasteiger partial charge in [0.05, 0.1) is 5.66 Å². The lowest BCUT2D eigenvalue weighted by Gasteiger charge is -2.46. The van der Waals surface area contributed by atoms with Crippen LogP contribution in [0.25, 0.3) is 0 Å². The fraction of sp³-hybridized carbons (Fsp3) is 1.00. The average molecular weight is 280 g/mol. The summed E-state index contributed by atoms with van der Waals surface area (Å²) in [6.45, 7) is 2.28. The summed E-state index contributed by atoms with van der Waals surface area (Å²) in [4.78, 5) is 0. The molecule has 2 fully saturated rings. The molecule has 0 bridgehead atoms. The van der Waals surface area contributed by atoms with Crippen molar-refractivity contribution in [2.24, 2.45) is 29.2 Å². The van der Waals surface area contributed by atoms with Gasteiger partial charge in [0.1, 0.15) is 0 Å². The summed E-state index contributed by atoms with van der Waals surface area (Å²) in [6.07, 6.45) is 17.4. The van der Waals surface area contributed by atoms with E-state index in [1.165, 1.54) is 83.5 Å². The van der Waals surface area contributed by atoms with Gasteiger partial charge in [0.25, 0.3) is 0 Å². The molecule has 0 aromatic heterocycles. The lowest BCUT2D eigenvalue weighted by molar-refractivity contribution is 0.0714. The number of hydrogen-bond donors (Lipinski definition) is 2. The van der Waals surface area contributed by atoms with Gasteiger partial charge in [0.15, 0.2) is 0 Å². The summed E-state index contributed by atoms with van der Waals surface area (Å²) in [5.41, 5.74) is 13.2. The summed E-state index contributed by atoms with van der Waals surface area (Å²) in [5.74, 6) is 1.93. The first kappa shape index (κ1) is 16.3. The Kier molecular flexibility index (Phi) is 6.35. The Bertz CT molecular complexity index is 263. The van der Waals surface area contributed by atoms with E-state index < -0.39 is 5.66 Å². The van der Waals surface area contributed by atoms with E-state index in [0.717, 1.165) is 5.92 Å². The quantitative estimate of drug-likeness (QED) is 0.700. The molecule has 20 heavy (non-hydrogen) atoms. The minimum absolute atomic E-state index is 0.405. The topological polar surface area (TPSA) is 52.0 Å². The van der Waals surface area contributed by atoms with Crippen LogP contribution in [0.2, 0.25) is 0 Å². The first-order valence-corrected chi connectivity index (χ1v) is 9.24. The third-order valence-corrected chi connectivity index (χ3v) is 6.04. The Balaban J connectivity index is 2.05. The SMILES string of the molecule is CCCCC(C1CCCCC1)C(N)(N)C1CCCCC1. The molecular weight excluding hydrogens is 244 g/mol. The smallest absolute Gasteiger partial charge is 0.0697 e. The zero-order chi connectivity index (χ0) is 14.4. The van der Waals surface area contributed by atoms with Crippen LogP contribution < -0.4 is 11.5 Å². The minimum atomic E-state index is -0.405. The number of rotatable bonds is 6. The predicted molar refractivity (Wildman–Crippen MR) is 87.3 cm³/mol. The Labute approximate surface area is 126 Å². The molecule has 2 rings (SSSR count). The molecule has 0 heterocycles. The van der Waals surface area contributed by atoms with Crippen LogP contribution in [-0.2, 0) is 0 Å². The van der Waals surface area contributed by atoms with E-state index in [-0.39, 0.29) is 0 Å². The molecule has 2 aliphatic carbocycles. The zero-order valence-corrected chi connectivity index (χ0v) is 13.6. The highest BCUT2D eigenvalue weighted by Gasteiger charge is 2.42. The van der Waals surface area contributed by atoms with E-state index in [0.29, 0.717) is 11.8 Å². The first-order chi connectivity index (χ1) is 9.66. The van der Waals surface area contributed by atoms with Gasteiger partial charge < -0.3 is 11.5 Å². The molecule has 0 spiro atoms. The van der Waals surface area contributed by atoms with Crippen molar-refractivity contribution in [1.82, 2.24) is 0 Å². The van der Waals surface area contributed by atoms with Crippen molar-refractivity contribution < 1.29 is 0 Å². The summed E-state index contributed by atoms with van der Waals surface area (Å²) in [5, 5.41) is 0. The molecule has 118 valence electrons. The van der Waals surface area contributed by atoms with Crippen LogP contribution in [0.15, 0.2) is 0 Å². The van der Waals surface area contributed by atoms with Crippen molar-refractivity contribution in [2.75, 3.05) is 0 Å². The molecule has 0 aromatic carbocycles. The second kappa shape index (κ2) is 7.79. The van der Waals surface area contributed by atoms with Crippen molar-refractivity contribution in [1.29, 1.82) is 0 Å². The van der Waals surface area contributed by atoms with Crippen LogP contribution in [0.3, 0.4) is 0 Å². The maximum atomic E-state index is 6.79. The van der Waals surface area contributed by atoms with E-state index >= 15 is 0 Å². The monoisotopic (exact) mass is 280 g/mol. The summed E-state index contributed by atoms with van der Waals surface area (Å²) < 4.78 is 0. The molecule has 0 amide bonds. The van der Waals surface area contributed by atoms with Crippen LogP contribution in [0, 0.1) is 17.8 Å². The van der Waals surface area contributed by atoms with Gasteiger partial charge in [-0.1, -0.05) is 71.1 Å². The fourth-order valence-corrected chi connectivity index (χ4v) is 4.76. The highest BCUT2D eigenvalue weighted by atomic mass is 15.0. The Morgan fingerprint density at radius 2 is 1.45 bits per heavy atom. The first-order valence-electron chi connectivity index (χ1n) is 9.24. The lowest BCUT2D eigenvalue weighted by Crippen LogP contribution is -2.63. The van der Waals surface area contributed by atoms with Crippen LogP contribution >= 0.6 is 0 Å². The summed E-state index contributed by atoms with van der Waals surface area (Å²) >= 11 is 0. The van der Waals surface area contributed by atoms with Gasteiger partial charge >= 0.3 is 0 Å². The van der Waals surface area contributed by atoms with Gasteiger partial charge in [0, 0.05) is 0 Å². The molecule has 1 unspecified atom stereocenters. The largest absolute Gasteiger partial charge is 0.313 e. The van der Waals surface area contributed by atoms with Crippen LogP contribution in [0.4, 0.5) is 0 Å². The van der Waals surface area contributed by atoms with Gasteiger partial charge in [-0.3, -0.25) is 0 Å². The zero-order valence-electron chi connectivity index (χ0n) is 13.6. The Morgan fingerprint density at radius 3 is 2.00 bits per heavy atom. The average Bonchev–Trinajstić information content (AvgIpc) is 2.49. The normalized spacial score (nSPS) is 24.8. The third kappa shape index (κ3) is 3.98. The van der Waals surface area contributed by atoms with Crippen LogP contribution in [-0.4, -0.2) is 5.66 Å². The van der Waals surface area contributed by atoms with Gasteiger partial charge in [-0.15, -0.1) is 0 Å². The molecule has 1 atom stereocenters. The van der Waals surface area contributed by atoms with E-state index in [9.17, 15) is 0 Å². The number of unbranched alkanes of at least 4 members (excludes halogenated alkanes) is 1. The molecule has 2 heteroatoms. The minimum Gasteiger partial charge on any atom is -0.313 e. The highest BCUT2D eigenvalue weighted by molar-refractivity contribution is 4.96. The van der Waals surface area contributed by atoms with E-state index in [2.05, 4.69) is 6.92 Å². The van der Waals surface area contributed by atoms with E-state index in [1.54, 1.807) is 0 Å². The van der Waals surface area contributed by atoms with E-state index in [1.807, 2.05) is 0 Å². The molecular formula is C18H36N2. The van der Waals surface area contributed by atoms with Crippen molar-refractivity contribution in [3.05, 3.63) is 0 Å². The van der Waals surface area contributed by atoms with Crippen LogP contribution in [0.1, 0.15) is 90.4 Å². The van der Waals surface area contributed by atoms with Crippen molar-refractivity contribution in [3.63, 3.8) is 0 Å². The van der Waals surface area contributed by atoms with Crippen molar-refractivity contribution in [2.45, 2.75) is 96.1 Å². The van der Waals surface area contributed by atoms with Crippen molar-refractivity contribution >= 4 is 0 Å². The molecule has 0 aliphatic heterocycles. The fourth-order valence-electron chi connectivity index (χ4n) is 4.76. The number of nitrogens with two attached hydrogens (primary N) is 2. The molecule has 4 N–H and O–H groups in total. The molecule has 0 radical (unpaired) electrons. The predicted octanol–water partition coefficient (Wildman–Crippen LogP) is 4.57. The molecule has 0 aromatic rings. The summed E-state index contributed by atoms with van der Waals surface area (Å²) in [7, 11) is 0. The Morgan fingerprint density at radius 1 is 0.900 bits per heavy atom. The summed E-state index contributed by atoms with van der Waals surface area (Å²) in [6, 6.07) is 0. The van der Waals surface area contributed by atoms with Crippen molar-refractivity contribution in [3.8, 4) is 0 Å². The second-order valence-corrected chi connectivity index (χ2v) is 7.48. The van der Waals surface area contributed by atoms with Gasteiger partial charge in [-0.25, -0.2) is 0 Å². The number of hydrogen-bond acceptors (Lipinski definition) is 2. The highest BCUT2D eigenvalue weighted by Crippen LogP contribution is 2.42.